The zero-order chi connectivity index (χ0) is 17.7. The van der Waals surface area contributed by atoms with Crippen LogP contribution in [-0.4, -0.2) is 36.3 Å². The molecule has 0 saturated carbocycles. The lowest BCUT2D eigenvalue weighted by Gasteiger charge is -2.29. The van der Waals surface area contributed by atoms with Crippen LogP contribution in [0.1, 0.15) is 27.2 Å². The summed E-state index contributed by atoms with van der Waals surface area (Å²) >= 11 is 3.41. The number of carbonyl (C=O) groups excluding carboxylic acids is 1. The number of carbonyl (C=O) groups is 1. The smallest absolute Gasteiger partial charge is 0.410 e. The first kappa shape index (κ1) is 18.3. The molecule has 6 heteroatoms. The van der Waals surface area contributed by atoms with Gasteiger partial charge in [0.1, 0.15) is 18.0 Å². The summed E-state index contributed by atoms with van der Waals surface area (Å²) in [4.78, 5) is 17.1. The Bertz CT molecular complexity index is 686. The summed E-state index contributed by atoms with van der Waals surface area (Å²) in [5.41, 5.74) is 1.24. The van der Waals surface area contributed by atoms with E-state index in [0.29, 0.717) is 31.1 Å². The van der Waals surface area contributed by atoms with E-state index in [1.807, 2.05) is 26.8 Å². The molecule has 0 radical (unpaired) electrons. The summed E-state index contributed by atoms with van der Waals surface area (Å²) in [6.07, 6.45) is 2.49. The lowest BCUT2D eigenvalue weighted by molar-refractivity contribution is 0.0264. The van der Waals surface area contributed by atoms with E-state index < -0.39 is 5.60 Å². The molecule has 5 nitrogen and oxygen atoms in total. The Morgan fingerprint density at radius 1 is 1.42 bits per heavy atom. The molecule has 0 atom stereocenters. The van der Waals surface area contributed by atoms with Crippen molar-refractivity contribution in [3.63, 3.8) is 0 Å². The standard InChI is InChI=1S/C18H21BrN2O3/c1-18(2,3)24-17(22)21-9-7-13(8-10-21)12-23-16-6-5-14(20-4)11-15(16)19/h5-7,11H,8-10,12H2,1-3H3. The highest BCUT2D eigenvalue weighted by atomic mass is 79.9. The van der Waals surface area contributed by atoms with Crippen molar-refractivity contribution in [3.8, 4) is 5.75 Å². The van der Waals surface area contributed by atoms with Gasteiger partial charge in [-0.2, -0.15) is 0 Å². The van der Waals surface area contributed by atoms with Crippen LogP contribution in [0.4, 0.5) is 10.5 Å². The van der Waals surface area contributed by atoms with Gasteiger partial charge in [0.2, 0.25) is 0 Å². The molecule has 0 fully saturated rings. The number of hydrogen-bond donors (Lipinski definition) is 0. The average molecular weight is 393 g/mol. The molecule has 0 spiro atoms. The van der Waals surface area contributed by atoms with Crippen LogP contribution in [0.15, 0.2) is 34.3 Å². The fraction of sp³-hybridized carbons (Fsp3) is 0.444. The van der Waals surface area contributed by atoms with Crippen LogP contribution in [0.3, 0.4) is 0 Å². The van der Waals surface area contributed by atoms with Gasteiger partial charge in [-0.15, -0.1) is 0 Å². The van der Waals surface area contributed by atoms with Gasteiger partial charge in [-0.3, -0.25) is 0 Å². The highest BCUT2D eigenvalue weighted by Gasteiger charge is 2.23. The molecule has 1 aliphatic rings. The van der Waals surface area contributed by atoms with Gasteiger partial charge >= 0.3 is 6.09 Å². The van der Waals surface area contributed by atoms with Gasteiger partial charge < -0.3 is 14.4 Å². The van der Waals surface area contributed by atoms with Crippen molar-refractivity contribution in [2.24, 2.45) is 0 Å². The van der Waals surface area contributed by atoms with Gasteiger partial charge in [0.15, 0.2) is 5.69 Å². The minimum atomic E-state index is -0.478. The second kappa shape index (κ2) is 7.71. The second-order valence-electron chi connectivity index (χ2n) is 6.55. The fourth-order valence-electron chi connectivity index (χ4n) is 2.18. The maximum atomic E-state index is 12.0. The second-order valence-corrected chi connectivity index (χ2v) is 7.41. The Labute approximate surface area is 151 Å². The first-order valence-electron chi connectivity index (χ1n) is 7.74. The van der Waals surface area contributed by atoms with Gasteiger partial charge in [0.25, 0.3) is 0 Å². The topological polar surface area (TPSA) is 43.1 Å². The van der Waals surface area contributed by atoms with Crippen molar-refractivity contribution >= 4 is 27.7 Å². The molecule has 1 aliphatic heterocycles. The van der Waals surface area contributed by atoms with Gasteiger partial charge in [0.05, 0.1) is 6.57 Å². The molecule has 128 valence electrons. The van der Waals surface area contributed by atoms with E-state index in [4.69, 9.17) is 16.0 Å². The average Bonchev–Trinajstić information content (AvgIpc) is 2.52. The third-order valence-electron chi connectivity index (χ3n) is 3.41. The first-order valence-corrected chi connectivity index (χ1v) is 8.53. The quantitative estimate of drug-likeness (QED) is 0.539. The lowest BCUT2D eigenvalue weighted by atomic mass is 10.1. The Balaban J connectivity index is 1.88. The van der Waals surface area contributed by atoms with E-state index >= 15 is 0 Å². The van der Waals surface area contributed by atoms with E-state index in [-0.39, 0.29) is 6.09 Å². The van der Waals surface area contributed by atoms with Crippen molar-refractivity contribution in [1.82, 2.24) is 4.90 Å². The minimum Gasteiger partial charge on any atom is -0.488 e. The highest BCUT2D eigenvalue weighted by Crippen LogP contribution is 2.30. The summed E-state index contributed by atoms with van der Waals surface area (Å²) < 4.78 is 11.9. The van der Waals surface area contributed by atoms with Crippen molar-refractivity contribution < 1.29 is 14.3 Å². The molecule has 0 aromatic heterocycles. The van der Waals surface area contributed by atoms with E-state index in [2.05, 4.69) is 20.8 Å². The van der Waals surface area contributed by atoms with Crippen molar-refractivity contribution in [3.05, 3.63) is 45.7 Å². The molecule has 2 rings (SSSR count). The Hall–Kier alpha value is -2.00. The van der Waals surface area contributed by atoms with Gasteiger partial charge in [-0.05, 0) is 60.8 Å². The molecule has 0 aliphatic carbocycles. The van der Waals surface area contributed by atoms with Crippen LogP contribution in [0.25, 0.3) is 4.85 Å². The van der Waals surface area contributed by atoms with Crippen LogP contribution in [0.5, 0.6) is 5.75 Å². The number of hydrogen-bond acceptors (Lipinski definition) is 3. The van der Waals surface area contributed by atoms with Gasteiger partial charge in [-0.25, -0.2) is 9.64 Å². The van der Waals surface area contributed by atoms with Gasteiger partial charge in [-0.1, -0.05) is 12.1 Å². The van der Waals surface area contributed by atoms with Gasteiger partial charge in [0, 0.05) is 17.6 Å². The number of halogens is 1. The fourth-order valence-corrected chi connectivity index (χ4v) is 2.66. The Kier molecular flexibility index (Phi) is 5.89. The molecular formula is C18H21BrN2O3. The maximum absolute atomic E-state index is 12.0. The number of amides is 1. The summed E-state index contributed by atoms with van der Waals surface area (Å²) in [5, 5.41) is 0. The summed E-state index contributed by atoms with van der Waals surface area (Å²) in [6.45, 7) is 14.2. The zero-order valence-electron chi connectivity index (χ0n) is 14.1. The van der Waals surface area contributed by atoms with Crippen LogP contribution in [-0.2, 0) is 4.74 Å². The largest absolute Gasteiger partial charge is 0.488 e. The first-order chi connectivity index (χ1) is 11.3. The highest BCUT2D eigenvalue weighted by molar-refractivity contribution is 9.10. The summed E-state index contributed by atoms with van der Waals surface area (Å²) in [6, 6.07) is 5.25. The zero-order valence-corrected chi connectivity index (χ0v) is 15.7. The van der Waals surface area contributed by atoms with E-state index in [9.17, 15) is 4.79 Å². The predicted molar refractivity (Wildman–Crippen MR) is 96.4 cm³/mol. The SMILES string of the molecule is [C-]#[N+]c1ccc(OCC2=CCN(C(=O)OC(C)(C)C)CC2)c(Br)c1. The van der Waals surface area contributed by atoms with Crippen LogP contribution in [0, 0.1) is 6.57 Å². The molecule has 1 amide bonds. The third-order valence-corrected chi connectivity index (χ3v) is 4.03. The number of rotatable bonds is 3. The molecule has 24 heavy (non-hydrogen) atoms. The number of nitrogens with zero attached hydrogens (tertiary/aromatic N) is 2. The summed E-state index contributed by atoms with van der Waals surface area (Å²) in [5.74, 6) is 0.706. The van der Waals surface area contributed by atoms with E-state index in [1.54, 1.807) is 23.1 Å². The molecule has 0 bridgehead atoms. The predicted octanol–water partition coefficient (Wildman–Crippen LogP) is 4.95. The Morgan fingerprint density at radius 3 is 2.71 bits per heavy atom. The maximum Gasteiger partial charge on any atom is 0.410 e. The third kappa shape index (κ3) is 5.27. The molecular weight excluding hydrogens is 372 g/mol. The molecule has 1 heterocycles. The Morgan fingerprint density at radius 2 is 2.17 bits per heavy atom. The molecule has 1 aromatic rings. The van der Waals surface area contributed by atoms with Crippen LogP contribution < -0.4 is 4.74 Å². The monoisotopic (exact) mass is 392 g/mol. The van der Waals surface area contributed by atoms with Crippen LogP contribution in [0.2, 0.25) is 0 Å². The van der Waals surface area contributed by atoms with Crippen LogP contribution >= 0.6 is 15.9 Å². The van der Waals surface area contributed by atoms with E-state index in [1.165, 1.54) is 0 Å². The summed E-state index contributed by atoms with van der Waals surface area (Å²) in [7, 11) is 0. The molecule has 1 aromatic carbocycles. The molecule has 0 saturated heterocycles. The molecule has 0 N–H and O–H groups in total. The van der Waals surface area contributed by atoms with E-state index in [0.717, 1.165) is 16.5 Å². The van der Waals surface area contributed by atoms with Crippen molar-refractivity contribution in [1.29, 1.82) is 0 Å². The lowest BCUT2D eigenvalue weighted by Crippen LogP contribution is -2.39. The van der Waals surface area contributed by atoms with Crippen molar-refractivity contribution in [2.45, 2.75) is 32.8 Å². The normalized spacial score (nSPS) is 14.6. The number of ether oxygens (including phenoxy) is 2. The van der Waals surface area contributed by atoms with Crippen molar-refractivity contribution in [2.75, 3.05) is 19.7 Å². The molecule has 0 unspecified atom stereocenters. The number of benzene rings is 1. The minimum absolute atomic E-state index is 0.281.